The van der Waals surface area contributed by atoms with Crippen LogP contribution in [-0.4, -0.2) is 78.1 Å². The number of nitrogens with one attached hydrogen (secondary N) is 1. The number of rotatable bonds is 6. The molecule has 0 saturated carbocycles. The summed E-state index contributed by atoms with van der Waals surface area (Å²) in [4.78, 5) is 52.7. The minimum absolute atomic E-state index is 0.106. The Morgan fingerprint density at radius 2 is 1.89 bits per heavy atom. The van der Waals surface area contributed by atoms with E-state index < -0.39 is 29.7 Å². The fraction of sp³-hybridized carbons (Fsp3) is 0.556. The van der Waals surface area contributed by atoms with Crippen molar-refractivity contribution < 1.29 is 33.4 Å². The minimum atomic E-state index is -0.736. The molecule has 1 saturated heterocycles. The molecule has 1 N–H and O–H groups in total. The van der Waals surface area contributed by atoms with E-state index >= 15 is 0 Å². The van der Waals surface area contributed by atoms with E-state index in [1.807, 2.05) is 0 Å². The summed E-state index contributed by atoms with van der Waals surface area (Å²) in [5, 5.41) is -0.446. The smallest absolute Gasteiger partial charge is 0.355 e. The number of H-pyrrole nitrogens is 1. The van der Waals surface area contributed by atoms with Gasteiger partial charge >= 0.3 is 17.9 Å². The van der Waals surface area contributed by atoms with Crippen LogP contribution in [-0.2, 0) is 23.8 Å². The number of ether oxygens (including phenoxy) is 3. The lowest BCUT2D eigenvalue weighted by Gasteiger charge is -2.30. The summed E-state index contributed by atoms with van der Waals surface area (Å²) in [6.45, 7) is 5.39. The molecule has 0 radical (unpaired) electrons. The van der Waals surface area contributed by atoms with Crippen molar-refractivity contribution >= 4 is 35.6 Å². The predicted octanol–water partition coefficient (Wildman–Crippen LogP) is 1.08. The Kier molecular flexibility index (Phi) is 7.50. The van der Waals surface area contributed by atoms with Crippen LogP contribution in [0.4, 0.5) is 0 Å². The first-order valence-corrected chi connectivity index (χ1v) is 9.85. The molecule has 1 aromatic heterocycles. The summed E-state index contributed by atoms with van der Waals surface area (Å²) >= 11 is 1.43. The topological polar surface area (TPSA) is 115 Å². The number of methoxy groups -OCH3 is 1. The van der Waals surface area contributed by atoms with Crippen LogP contribution in [0.15, 0.2) is 0 Å². The SMILES string of the molecule is CCOC(=O)c1c(C)[nH]c(C(=O)OCC(=O)N2CCS[C@@H](C(=O)OC)C2)c1C. The Morgan fingerprint density at radius 3 is 2.54 bits per heavy atom. The second kappa shape index (κ2) is 9.63. The van der Waals surface area contributed by atoms with Crippen LogP contribution < -0.4 is 0 Å². The van der Waals surface area contributed by atoms with E-state index in [1.165, 1.54) is 23.8 Å². The molecular weight excluding hydrogens is 388 g/mol. The molecule has 2 heterocycles. The quantitative estimate of drug-likeness (QED) is 0.545. The summed E-state index contributed by atoms with van der Waals surface area (Å²) in [6.07, 6.45) is 0. The number of amides is 1. The Balaban J connectivity index is 1.98. The Labute approximate surface area is 167 Å². The molecule has 1 aliphatic rings. The molecule has 0 aliphatic carbocycles. The first-order chi connectivity index (χ1) is 13.3. The van der Waals surface area contributed by atoms with Crippen LogP contribution in [0.2, 0.25) is 0 Å². The summed E-state index contributed by atoms with van der Waals surface area (Å²) in [7, 11) is 1.30. The van der Waals surface area contributed by atoms with Gasteiger partial charge in [0.05, 0.1) is 19.3 Å². The zero-order valence-electron chi connectivity index (χ0n) is 16.3. The molecule has 9 nitrogen and oxygen atoms in total. The molecule has 154 valence electrons. The van der Waals surface area contributed by atoms with E-state index in [2.05, 4.69) is 4.98 Å². The van der Waals surface area contributed by atoms with E-state index in [0.29, 0.717) is 23.6 Å². The average molecular weight is 412 g/mol. The van der Waals surface area contributed by atoms with Crippen molar-refractivity contribution in [3.63, 3.8) is 0 Å². The lowest BCUT2D eigenvalue weighted by molar-refractivity contribution is -0.141. The molecule has 1 fully saturated rings. The van der Waals surface area contributed by atoms with Gasteiger partial charge in [0.2, 0.25) is 0 Å². The van der Waals surface area contributed by atoms with Gasteiger partial charge in [-0.1, -0.05) is 0 Å². The van der Waals surface area contributed by atoms with Gasteiger partial charge in [0.1, 0.15) is 10.9 Å². The van der Waals surface area contributed by atoms with Crippen LogP contribution in [0.5, 0.6) is 0 Å². The van der Waals surface area contributed by atoms with Crippen molar-refractivity contribution in [1.82, 2.24) is 9.88 Å². The number of thioether (sulfide) groups is 1. The fourth-order valence-electron chi connectivity index (χ4n) is 2.90. The minimum Gasteiger partial charge on any atom is -0.468 e. The molecule has 1 aromatic rings. The van der Waals surface area contributed by atoms with Crippen molar-refractivity contribution in [3.8, 4) is 0 Å². The molecule has 0 spiro atoms. The molecule has 1 aliphatic heterocycles. The number of aromatic amines is 1. The maximum Gasteiger partial charge on any atom is 0.355 e. The standard InChI is InChI=1S/C18H24N2O7S/c1-5-26-17(23)14-10(2)15(19-11(14)3)18(24)27-9-13(21)20-6-7-28-12(8-20)16(22)25-4/h12,19H,5-9H2,1-4H3/t12-/m1/s1. The van der Waals surface area contributed by atoms with Gasteiger partial charge in [-0.3, -0.25) is 9.59 Å². The molecule has 28 heavy (non-hydrogen) atoms. The number of hydrogen-bond donors (Lipinski definition) is 1. The zero-order chi connectivity index (χ0) is 20.8. The number of carbonyl (C=O) groups excluding carboxylic acids is 4. The second-order valence-corrected chi connectivity index (χ2v) is 7.45. The zero-order valence-corrected chi connectivity index (χ0v) is 17.1. The number of carbonyl (C=O) groups is 4. The molecule has 10 heteroatoms. The van der Waals surface area contributed by atoms with Gasteiger partial charge in [0, 0.05) is 24.5 Å². The number of esters is 3. The fourth-order valence-corrected chi connectivity index (χ4v) is 4.03. The predicted molar refractivity (Wildman–Crippen MR) is 101 cm³/mol. The third kappa shape index (κ3) is 4.86. The molecular formula is C18H24N2O7S. The van der Waals surface area contributed by atoms with E-state index in [0.717, 1.165) is 0 Å². The number of aromatic nitrogens is 1. The third-order valence-electron chi connectivity index (χ3n) is 4.33. The van der Waals surface area contributed by atoms with Gasteiger partial charge in [-0.15, -0.1) is 11.8 Å². The Morgan fingerprint density at radius 1 is 1.18 bits per heavy atom. The summed E-state index contributed by atoms with van der Waals surface area (Å²) in [5.41, 5.74) is 1.29. The summed E-state index contributed by atoms with van der Waals surface area (Å²) in [6, 6.07) is 0. The van der Waals surface area contributed by atoms with Crippen molar-refractivity contribution in [3.05, 3.63) is 22.5 Å². The van der Waals surface area contributed by atoms with Crippen LogP contribution in [0.3, 0.4) is 0 Å². The average Bonchev–Trinajstić information content (AvgIpc) is 2.99. The maximum absolute atomic E-state index is 12.4. The first-order valence-electron chi connectivity index (χ1n) is 8.80. The van der Waals surface area contributed by atoms with E-state index in [9.17, 15) is 19.2 Å². The van der Waals surface area contributed by atoms with Gasteiger partial charge in [-0.25, -0.2) is 9.59 Å². The van der Waals surface area contributed by atoms with Crippen molar-refractivity contribution in [1.29, 1.82) is 0 Å². The van der Waals surface area contributed by atoms with Gasteiger partial charge < -0.3 is 24.1 Å². The molecule has 1 atom stereocenters. The molecule has 0 aromatic carbocycles. The monoisotopic (exact) mass is 412 g/mol. The van der Waals surface area contributed by atoms with Crippen LogP contribution in [0.25, 0.3) is 0 Å². The van der Waals surface area contributed by atoms with Crippen molar-refractivity contribution in [2.75, 3.05) is 39.2 Å². The van der Waals surface area contributed by atoms with Gasteiger partial charge in [0.15, 0.2) is 6.61 Å². The third-order valence-corrected chi connectivity index (χ3v) is 5.49. The normalized spacial score (nSPS) is 16.4. The molecule has 0 unspecified atom stereocenters. The van der Waals surface area contributed by atoms with Crippen LogP contribution in [0, 0.1) is 13.8 Å². The first kappa shape index (κ1) is 21.8. The van der Waals surface area contributed by atoms with Crippen LogP contribution in [0.1, 0.15) is 39.0 Å². The van der Waals surface area contributed by atoms with E-state index in [1.54, 1.807) is 20.8 Å². The Hall–Kier alpha value is -2.49. The molecule has 0 bridgehead atoms. The lowest BCUT2D eigenvalue weighted by atomic mass is 10.1. The van der Waals surface area contributed by atoms with E-state index in [4.69, 9.17) is 14.2 Å². The lowest BCUT2D eigenvalue weighted by Crippen LogP contribution is -2.46. The van der Waals surface area contributed by atoms with E-state index in [-0.39, 0.29) is 30.4 Å². The van der Waals surface area contributed by atoms with Gasteiger partial charge in [-0.2, -0.15) is 0 Å². The van der Waals surface area contributed by atoms with Gasteiger partial charge in [0.25, 0.3) is 5.91 Å². The highest BCUT2D eigenvalue weighted by molar-refractivity contribution is 8.00. The summed E-state index contributed by atoms with van der Waals surface area (Å²) < 4.78 is 14.8. The molecule has 2 rings (SSSR count). The van der Waals surface area contributed by atoms with Crippen LogP contribution >= 0.6 is 11.8 Å². The highest BCUT2D eigenvalue weighted by atomic mass is 32.2. The Bertz CT molecular complexity index is 774. The highest BCUT2D eigenvalue weighted by Gasteiger charge is 2.30. The van der Waals surface area contributed by atoms with Crippen molar-refractivity contribution in [2.24, 2.45) is 0 Å². The maximum atomic E-state index is 12.4. The van der Waals surface area contributed by atoms with Crippen molar-refractivity contribution in [2.45, 2.75) is 26.0 Å². The largest absolute Gasteiger partial charge is 0.468 e. The number of nitrogens with zero attached hydrogens (tertiary/aromatic N) is 1. The molecule has 1 amide bonds. The number of hydrogen-bond acceptors (Lipinski definition) is 8. The number of aryl methyl sites for hydroxylation is 1. The summed E-state index contributed by atoms with van der Waals surface area (Å²) in [5.74, 6) is -1.45. The second-order valence-electron chi connectivity index (χ2n) is 6.14. The highest BCUT2D eigenvalue weighted by Crippen LogP contribution is 2.21. The van der Waals surface area contributed by atoms with Gasteiger partial charge in [-0.05, 0) is 26.3 Å².